The number of piperidine rings is 1. The predicted octanol–water partition coefficient (Wildman–Crippen LogP) is 8.20. The number of rotatable bonds is 8. The zero-order valence-corrected chi connectivity index (χ0v) is 23.9. The highest BCUT2D eigenvalue weighted by atomic mass is 19.4. The summed E-state index contributed by atoms with van der Waals surface area (Å²) in [5.41, 5.74) is 1.67. The van der Waals surface area contributed by atoms with E-state index < -0.39 is 17.7 Å². The predicted molar refractivity (Wildman–Crippen MR) is 157 cm³/mol. The third-order valence-electron chi connectivity index (χ3n) is 7.97. The maximum absolute atomic E-state index is 13.8. The number of hydrogen-bond acceptors (Lipinski definition) is 6. The van der Waals surface area contributed by atoms with Gasteiger partial charge in [0.1, 0.15) is 17.2 Å². The molecule has 1 N–H and O–H groups in total. The molecule has 6 rings (SSSR count). The molecule has 2 aliphatic rings. The summed E-state index contributed by atoms with van der Waals surface area (Å²) in [6, 6.07) is 12.7. The average molecular weight is 592 g/mol. The number of hydrogen-bond donors (Lipinski definition) is 1. The van der Waals surface area contributed by atoms with Crippen LogP contribution >= 0.6 is 0 Å². The van der Waals surface area contributed by atoms with Gasteiger partial charge in [-0.1, -0.05) is 35.5 Å². The smallest absolute Gasteiger partial charge is 0.417 e. The summed E-state index contributed by atoms with van der Waals surface area (Å²) in [7, 11) is 0. The van der Waals surface area contributed by atoms with Crippen LogP contribution < -0.4 is 9.64 Å². The average Bonchev–Trinajstić information content (AvgIpc) is 3.74. The van der Waals surface area contributed by atoms with Crippen LogP contribution in [0.5, 0.6) is 5.75 Å². The van der Waals surface area contributed by atoms with E-state index in [0.717, 1.165) is 55.9 Å². The highest BCUT2D eigenvalue weighted by Gasteiger charge is 2.37. The number of pyridine rings is 1. The van der Waals surface area contributed by atoms with E-state index in [4.69, 9.17) is 9.26 Å². The standard InChI is InChI=1S/C33H32F3N3O4/c1-19(2)42-29-18-28(32(40)41)37-27-12-10-22(17-25(27)29)39-15-13-20(14-16-39)7-11-24-30(38-43-31(24)21-8-9-21)23-5-3-4-6-26(23)33(34,35)36/h3-7,10-12,17-21H,8-9,13-16H2,1-2H3,(H,40,41)/b11-7+. The van der Waals surface area contributed by atoms with Gasteiger partial charge in [-0.15, -0.1) is 0 Å². The topological polar surface area (TPSA) is 88.7 Å². The van der Waals surface area contributed by atoms with Gasteiger partial charge in [-0.05, 0) is 69.7 Å². The van der Waals surface area contributed by atoms with Gasteiger partial charge in [0.05, 0.1) is 17.2 Å². The molecule has 0 radical (unpaired) electrons. The van der Waals surface area contributed by atoms with Gasteiger partial charge in [-0.3, -0.25) is 0 Å². The van der Waals surface area contributed by atoms with E-state index in [1.54, 1.807) is 6.07 Å². The number of fused-ring (bicyclic) bond motifs is 1. The monoisotopic (exact) mass is 591 g/mol. The van der Waals surface area contributed by atoms with Crippen molar-refractivity contribution in [3.63, 3.8) is 0 Å². The molecule has 1 saturated carbocycles. The molecule has 0 amide bonds. The third kappa shape index (κ3) is 6.09. The number of aromatic nitrogens is 2. The number of aromatic carboxylic acids is 1. The van der Waals surface area contributed by atoms with Crippen LogP contribution in [0.25, 0.3) is 28.2 Å². The molecular weight excluding hydrogens is 559 g/mol. The first-order valence-corrected chi connectivity index (χ1v) is 14.5. The van der Waals surface area contributed by atoms with Gasteiger partial charge >= 0.3 is 12.1 Å². The van der Waals surface area contributed by atoms with Crippen molar-refractivity contribution in [2.24, 2.45) is 5.92 Å². The fourth-order valence-electron chi connectivity index (χ4n) is 5.66. The number of benzene rings is 2. The number of halogens is 3. The van der Waals surface area contributed by atoms with Gasteiger partial charge in [0, 0.05) is 47.3 Å². The van der Waals surface area contributed by atoms with Crippen molar-refractivity contribution in [1.82, 2.24) is 10.1 Å². The minimum Gasteiger partial charge on any atom is -0.490 e. The Morgan fingerprint density at radius 1 is 1.09 bits per heavy atom. The van der Waals surface area contributed by atoms with Crippen LogP contribution in [0.2, 0.25) is 0 Å². The molecule has 4 aromatic rings. The molecule has 1 saturated heterocycles. The van der Waals surface area contributed by atoms with Gasteiger partial charge < -0.3 is 19.3 Å². The van der Waals surface area contributed by atoms with Gasteiger partial charge in [0.2, 0.25) is 0 Å². The number of ether oxygens (including phenoxy) is 1. The maximum Gasteiger partial charge on any atom is 0.417 e. The largest absolute Gasteiger partial charge is 0.490 e. The minimum absolute atomic E-state index is 0.0298. The number of allylic oxidation sites excluding steroid dienone is 1. The molecule has 0 atom stereocenters. The number of carbonyl (C=O) groups is 1. The molecule has 7 nitrogen and oxygen atoms in total. The van der Waals surface area contributed by atoms with E-state index in [-0.39, 0.29) is 34.9 Å². The molecule has 43 heavy (non-hydrogen) atoms. The molecule has 10 heteroatoms. The number of carboxylic acids is 1. The second kappa shape index (κ2) is 11.4. The van der Waals surface area contributed by atoms with Crippen molar-refractivity contribution in [3.05, 3.63) is 77.2 Å². The Labute approximate surface area is 247 Å². The van der Waals surface area contributed by atoms with Crippen LogP contribution in [-0.4, -0.2) is 40.4 Å². The van der Waals surface area contributed by atoms with Crippen LogP contribution in [0, 0.1) is 5.92 Å². The molecular formula is C33H32F3N3O4. The summed E-state index contributed by atoms with van der Waals surface area (Å²) >= 11 is 0. The zero-order valence-electron chi connectivity index (χ0n) is 23.9. The van der Waals surface area contributed by atoms with Crippen molar-refractivity contribution in [1.29, 1.82) is 0 Å². The molecule has 1 aliphatic heterocycles. The van der Waals surface area contributed by atoms with Crippen molar-refractivity contribution >= 4 is 28.6 Å². The summed E-state index contributed by atoms with van der Waals surface area (Å²) < 4.78 is 52.9. The van der Waals surface area contributed by atoms with Crippen LogP contribution in [-0.2, 0) is 6.18 Å². The molecule has 0 bridgehead atoms. The highest BCUT2D eigenvalue weighted by Crippen LogP contribution is 2.46. The lowest BCUT2D eigenvalue weighted by atomic mass is 9.93. The Hall–Kier alpha value is -4.34. The molecule has 0 unspecified atom stereocenters. The maximum atomic E-state index is 13.8. The van der Waals surface area contributed by atoms with E-state index in [0.29, 0.717) is 22.6 Å². The molecule has 2 aromatic carbocycles. The van der Waals surface area contributed by atoms with Gasteiger partial charge in [-0.25, -0.2) is 9.78 Å². The summed E-state index contributed by atoms with van der Waals surface area (Å²) in [6.45, 7) is 5.34. The van der Waals surface area contributed by atoms with Crippen molar-refractivity contribution in [2.75, 3.05) is 18.0 Å². The second-order valence-electron chi connectivity index (χ2n) is 11.5. The molecule has 0 spiro atoms. The normalized spacial score (nSPS) is 16.5. The quantitative estimate of drug-likeness (QED) is 0.221. The summed E-state index contributed by atoms with van der Waals surface area (Å²) in [5, 5.41) is 14.3. The molecule has 3 heterocycles. The number of carboxylic acid groups (broad SMARTS) is 1. The van der Waals surface area contributed by atoms with Gasteiger partial charge in [0.15, 0.2) is 5.69 Å². The van der Waals surface area contributed by atoms with E-state index in [1.165, 1.54) is 18.2 Å². The molecule has 224 valence electrons. The minimum atomic E-state index is -4.50. The summed E-state index contributed by atoms with van der Waals surface area (Å²) in [4.78, 5) is 18.1. The first-order chi connectivity index (χ1) is 20.6. The summed E-state index contributed by atoms with van der Waals surface area (Å²) in [6.07, 6.45) is 2.97. The van der Waals surface area contributed by atoms with Gasteiger partial charge in [0.25, 0.3) is 0 Å². The molecule has 2 aromatic heterocycles. The van der Waals surface area contributed by atoms with E-state index in [2.05, 4.69) is 21.1 Å². The lowest BCUT2D eigenvalue weighted by Gasteiger charge is -2.32. The fraction of sp³-hybridized carbons (Fsp3) is 0.364. The molecule has 1 aliphatic carbocycles. The van der Waals surface area contributed by atoms with Crippen LogP contribution in [0.4, 0.5) is 18.9 Å². The lowest BCUT2D eigenvalue weighted by molar-refractivity contribution is -0.137. The number of alkyl halides is 3. The Bertz CT molecular complexity index is 1680. The number of anilines is 1. The second-order valence-corrected chi connectivity index (χ2v) is 11.5. The Morgan fingerprint density at radius 2 is 1.84 bits per heavy atom. The Kier molecular flexibility index (Phi) is 7.62. The lowest BCUT2D eigenvalue weighted by Crippen LogP contribution is -2.33. The van der Waals surface area contributed by atoms with E-state index in [9.17, 15) is 23.1 Å². The first-order valence-electron chi connectivity index (χ1n) is 14.5. The first kappa shape index (κ1) is 28.8. The van der Waals surface area contributed by atoms with E-state index in [1.807, 2.05) is 38.1 Å². The Morgan fingerprint density at radius 3 is 2.51 bits per heavy atom. The summed E-state index contributed by atoms with van der Waals surface area (Å²) in [5.74, 6) is 0.473. The van der Waals surface area contributed by atoms with Crippen molar-refractivity contribution in [3.8, 4) is 17.0 Å². The fourth-order valence-corrected chi connectivity index (χ4v) is 5.66. The third-order valence-corrected chi connectivity index (χ3v) is 7.97. The van der Waals surface area contributed by atoms with Crippen LogP contribution in [0.3, 0.4) is 0 Å². The molecule has 2 fully saturated rings. The Balaban J connectivity index is 1.21. The van der Waals surface area contributed by atoms with Crippen LogP contribution in [0.1, 0.15) is 72.8 Å². The number of nitrogens with zero attached hydrogens (tertiary/aromatic N) is 3. The van der Waals surface area contributed by atoms with Crippen molar-refractivity contribution < 1.29 is 32.3 Å². The van der Waals surface area contributed by atoms with Gasteiger partial charge in [-0.2, -0.15) is 13.2 Å². The van der Waals surface area contributed by atoms with E-state index >= 15 is 0 Å². The SMILES string of the molecule is CC(C)Oc1cc(C(=O)O)nc2ccc(N3CCC(/C=C/c4c(-c5ccccc5C(F)(F)F)noc4C4CC4)CC3)cc12. The van der Waals surface area contributed by atoms with Crippen LogP contribution in [0.15, 0.2) is 59.1 Å². The highest BCUT2D eigenvalue weighted by molar-refractivity contribution is 5.94. The zero-order chi connectivity index (χ0) is 30.3. The van der Waals surface area contributed by atoms with Crippen molar-refractivity contribution in [2.45, 2.75) is 57.7 Å².